The van der Waals surface area contributed by atoms with Gasteiger partial charge in [-0.05, 0) is 12.1 Å². The molecule has 0 atom stereocenters. The highest BCUT2D eigenvalue weighted by atomic mass is 32.2. The highest BCUT2D eigenvalue weighted by molar-refractivity contribution is 7.98. The lowest BCUT2D eigenvalue weighted by molar-refractivity contribution is 0.920. The third-order valence-corrected chi connectivity index (χ3v) is 5.12. The number of fused-ring (bicyclic) bond motifs is 1. The summed E-state index contributed by atoms with van der Waals surface area (Å²) < 4.78 is 2.00. The van der Waals surface area contributed by atoms with Crippen LogP contribution in [-0.4, -0.2) is 19.6 Å². The summed E-state index contributed by atoms with van der Waals surface area (Å²) in [5, 5.41) is 12.4. The van der Waals surface area contributed by atoms with Crippen molar-refractivity contribution in [3.8, 4) is 10.6 Å². The molecule has 0 radical (unpaired) electrons. The lowest BCUT2D eigenvalue weighted by Crippen LogP contribution is -1.88. The van der Waals surface area contributed by atoms with Crippen molar-refractivity contribution in [1.29, 1.82) is 0 Å². The fourth-order valence-corrected chi connectivity index (χ4v) is 3.89. The van der Waals surface area contributed by atoms with Crippen LogP contribution in [0.15, 0.2) is 65.3 Å². The van der Waals surface area contributed by atoms with Gasteiger partial charge in [-0.2, -0.15) is 0 Å². The van der Waals surface area contributed by atoms with Crippen molar-refractivity contribution < 1.29 is 0 Å². The van der Waals surface area contributed by atoms with Gasteiger partial charge in [-0.1, -0.05) is 48.2 Å². The minimum atomic E-state index is 0.791. The Kier molecular flexibility index (Phi) is 3.62. The van der Waals surface area contributed by atoms with Crippen molar-refractivity contribution in [2.24, 2.45) is 0 Å². The van der Waals surface area contributed by atoms with Gasteiger partial charge in [0.1, 0.15) is 5.01 Å². The Balaban J connectivity index is 1.52. The summed E-state index contributed by atoms with van der Waals surface area (Å²) in [6.45, 7) is 0. The highest BCUT2D eigenvalue weighted by Gasteiger charge is 2.08. The van der Waals surface area contributed by atoms with Gasteiger partial charge in [-0.15, -0.1) is 21.5 Å². The summed E-state index contributed by atoms with van der Waals surface area (Å²) in [5.74, 6) is 0.791. The summed E-state index contributed by atoms with van der Waals surface area (Å²) in [5.41, 5.74) is 3.10. The maximum atomic E-state index is 4.70. The molecule has 0 aliphatic carbocycles. The van der Waals surface area contributed by atoms with Crippen LogP contribution in [0.2, 0.25) is 0 Å². The van der Waals surface area contributed by atoms with E-state index in [1.807, 2.05) is 47.0 Å². The Bertz CT molecular complexity index is 899. The van der Waals surface area contributed by atoms with E-state index in [2.05, 4.69) is 27.7 Å². The first-order chi connectivity index (χ1) is 10.9. The zero-order valence-electron chi connectivity index (χ0n) is 11.6. The molecule has 22 heavy (non-hydrogen) atoms. The molecule has 0 aliphatic rings. The molecule has 0 fully saturated rings. The number of nitrogens with zero attached hydrogens (tertiary/aromatic N) is 4. The fraction of sp³-hybridized carbons (Fsp3) is 0.0625. The van der Waals surface area contributed by atoms with Crippen LogP contribution in [0.25, 0.3) is 16.2 Å². The molecule has 0 unspecified atom stereocenters. The summed E-state index contributed by atoms with van der Waals surface area (Å²) in [6, 6.07) is 16.2. The number of hydrogen-bond donors (Lipinski definition) is 0. The summed E-state index contributed by atoms with van der Waals surface area (Å²) >= 11 is 3.33. The van der Waals surface area contributed by atoms with Crippen molar-refractivity contribution in [3.05, 3.63) is 65.8 Å². The van der Waals surface area contributed by atoms with E-state index in [0.29, 0.717) is 0 Å². The Morgan fingerprint density at radius 3 is 2.77 bits per heavy atom. The molecule has 0 saturated carbocycles. The van der Waals surface area contributed by atoms with E-state index in [-0.39, 0.29) is 0 Å². The van der Waals surface area contributed by atoms with E-state index >= 15 is 0 Å². The standard InChI is InChI=1S/C16H12N4S2/c1-2-6-12(7-3-1)15-17-13(10-21-15)11-22-16-19-18-14-8-4-5-9-20(14)16/h1-10H,11H2. The van der Waals surface area contributed by atoms with Gasteiger partial charge < -0.3 is 0 Å². The molecule has 0 N–H and O–H groups in total. The van der Waals surface area contributed by atoms with Gasteiger partial charge in [0.2, 0.25) is 0 Å². The molecule has 1 aromatic carbocycles. The first-order valence-electron chi connectivity index (χ1n) is 6.82. The molecule has 4 nitrogen and oxygen atoms in total. The van der Waals surface area contributed by atoms with E-state index in [1.54, 1.807) is 23.1 Å². The molecule has 4 aromatic rings. The number of pyridine rings is 1. The molecule has 108 valence electrons. The molecule has 3 heterocycles. The number of aromatic nitrogens is 4. The third-order valence-electron chi connectivity index (χ3n) is 3.20. The lowest BCUT2D eigenvalue weighted by Gasteiger charge is -1.97. The van der Waals surface area contributed by atoms with Crippen molar-refractivity contribution in [2.45, 2.75) is 10.9 Å². The number of thioether (sulfide) groups is 1. The van der Waals surface area contributed by atoms with Crippen molar-refractivity contribution in [2.75, 3.05) is 0 Å². The van der Waals surface area contributed by atoms with Crippen molar-refractivity contribution in [1.82, 2.24) is 19.6 Å². The van der Waals surface area contributed by atoms with Gasteiger partial charge in [0.05, 0.1) is 5.69 Å². The zero-order chi connectivity index (χ0) is 14.8. The van der Waals surface area contributed by atoms with Gasteiger partial charge in [0.25, 0.3) is 0 Å². The first kappa shape index (κ1) is 13.5. The Morgan fingerprint density at radius 2 is 1.86 bits per heavy atom. The Labute approximate surface area is 135 Å². The number of benzene rings is 1. The highest BCUT2D eigenvalue weighted by Crippen LogP contribution is 2.27. The van der Waals surface area contributed by atoms with E-state index in [1.165, 1.54) is 0 Å². The molecule has 0 aliphatic heterocycles. The van der Waals surface area contributed by atoms with Crippen molar-refractivity contribution >= 4 is 28.7 Å². The second-order valence-electron chi connectivity index (χ2n) is 4.71. The molecule has 0 amide bonds. The normalized spacial score (nSPS) is 11.1. The Morgan fingerprint density at radius 1 is 1.00 bits per heavy atom. The van der Waals surface area contributed by atoms with Crippen LogP contribution in [0.4, 0.5) is 0 Å². The number of thiazole rings is 1. The van der Waals surface area contributed by atoms with Gasteiger partial charge >= 0.3 is 0 Å². The molecular formula is C16H12N4S2. The summed E-state index contributed by atoms with van der Waals surface area (Å²) in [4.78, 5) is 4.70. The molecule has 0 bridgehead atoms. The molecule has 0 spiro atoms. The van der Waals surface area contributed by atoms with E-state index in [4.69, 9.17) is 4.98 Å². The SMILES string of the molecule is c1ccc(-c2nc(CSc3nnc4ccccn34)cs2)cc1. The minimum Gasteiger partial charge on any atom is -0.277 e. The second kappa shape index (κ2) is 5.90. The molecule has 3 aromatic heterocycles. The van der Waals surface area contributed by atoms with Gasteiger partial charge in [-0.25, -0.2) is 4.98 Å². The maximum absolute atomic E-state index is 4.70. The molecule has 6 heteroatoms. The second-order valence-corrected chi connectivity index (χ2v) is 6.51. The van der Waals surface area contributed by atoms with E-state index in [0.717, 1.165) is 32.8 Å². The zero-order valence-corrected chi connectivity index (χ0v) is 13.2. The number of rotatable bonds is 4. The summed E-state index contributed by atoms with van der Waals surface area (Å²) in [6.07, 6.45) is 1.98. The van der Waals surface area contributed by atoms with Crippen LogP contribution in [0.5, 0.6) is 0 Å². The first-order valence-corrected chi connectivity index (χ1v) is 8.69. The average Bonchev–Trinajstić information content (AvgIpc) is 3.21. The molecule has 4 rings (SSSR count). The fourth-order valence-electron chi connectivity index (χ4n) is 2.14. The van der Waals surface area contributed by atoms with Crippen LogP contribution in [-0.2, 0) is 5.75 Å². The minimum absolute atomic E-state index is 0.791. The van der Waals surface area contributed by atoms with Crippen LogP contribution in [0, 0.1) is 0 Å². The Hall–Kier alpha value is -2.18. The van der Waals surface area contributed by atoms with E-state index < -0.39 is 0 Å². The van der Waals surface area contributed by atoms with Gasteiger partial charge in [-0.3, -0.25) is 4.40 Å². The quantitative estimate of drug-likeness (QED) is 0.529. The van der Waals surface area contributed by atoms with Gasteiger partial charge in [0, 0.05) is 22.9 Å². The van der Waals surface area contributed by atoms with Gasteiger partial charge in [0.15, 0.2) is 10.8 Å². The van der Waals surface area contributed by atoms with E-state index in [9.17, 15) is 0 Å². The molecular weight excluding hydrogens is 312 g/mol. The van der Waals surface area contributed by atoms with Crippen LogP contribution < -0.4 is 0 Å². The average molecular weight is 324 g/mol. The van der Waals surface area contributed by atoms with Crippen molar-refractivity contribution in [3.63, 3.8) is 0 Å². The van der Waals surface area contributed by atoms with Crippen LogP contribution in [0.3, 0.4) is 0 Å². The third kappa shape index (κ3) is 2.63. The van der Waals surface area contributed by atoms with Crippen LogP contribution >= 0.6 is 23.1 Å². The largest absolute Gasteiger partial charge is 0.277 e. The maximum Gasteiger partial charge on any atom is 0.195 e. The monoisotopic (exact) mass is 324 g/mol. The molecule has 0 saturated heterocycles. The smallest absolute Gasteiger partial charge is 0.195 e. The van der Waals surface area contributed by atoms with Crippen LogP contribution in [0.1, 0.15) is 5.69 Å². The predicted octanol–water partition coefficient (Wildman–Crippen LogP) is 4.15. The topological polar surface area (TPSA) is 43.1 Å². The predicted molar refractivity (Wildman–Crippen MR) is 90.1 cm³/mol. The number of hydrogen-bond acceptors (Lipinski definition) is 5. The summed E-state index contributed by atoms with van der Waals surface area (Å²) in [7, 11) is 0. The lowest BCUT2D eigenvalue weighted by atomic mass is 10.2.